The largest absolute Gasteiger partial charge is 0.324 e. The number of carbonyl (C=O) groups is 2. The molecule has 1 N–H and O–H groups in total. The Hall–Kier alpha value is -2.64. The van der Waals surface area contributed by atoms with Crippen molar-refractivity contribution in [3.63, 3.8) is 0 Å². The van der Waals surface area contributed by atoms with Gasteiger partial charge < -0.3 is 5.32 Å². The average molecular weight is 367 g/mol. The van der Waals surface area contributed by atoms with E-state index in [1.54, 1.807) is 24.3 Å². The molecule has 1 aliphatic rings. The molecule has 0 aromatic heterocycles. The molecule has 0 spiro atoms. The Morgan fingerprint density at radius 1 is 1.19 bits per heavy atom. The zero-order valence-electron chi connectivity index (χ0n) is 14.9. The fourth-order valence-electron chi connectivity index (χ4n) is 3.13. The van der Waals surface area contributed by atoms with Crippen molar-refractivity contribution >= 4 is 29.0 Å². The van der Waals surface area contributed by atoms with Crippen LogP contribution in [0.2, 0.25) is 5.02 Å². The summed E-state index contributed by atoms with van der Waals surface area (Å²) in [5, 5.41) is 12.8. The van der Waals surface area contributed by atoms with Crippen LogP contribution in [-0.4, -0.2) is 11.7 Å². The maximum absolute atomic E-state index is 12.8. The average Bonchev–Trinajstić information content (AvgIpc) is 2.88. The molecule has 1 aliphatic carbocycles. The molecule has 0 saturated heterocycles. The number of fused-ring (bicyclic) bond motifs is 1. The van der Waals surface area contributed by atoms with E-state index in [1.807, 2.05) is 18.2 Å². The number of Topliss-reactive ketones (excluding diaryl/α,β-unsaturated/α-hetero) is 1. The van der Waals surface area contributed by atoms with Crippen molar-refractivity contribution in [3.05, 3.63) is 64.2 Å². The van der Waals surface area contributed by atoms with Crippen LogP contribution >= 0.6 is 11.6 Å². The van der Waals surface area contributed by atoms with Gasteiger partial charge in [0.05, 0.1) is 6.07 Å². The van der Waals surface area contributed by atoms with Crippen LogP contribution < -0.4 is 5.32 Å². The summed E-state index contributed by atoms with van der Waals surface area (Å²) in [7, 11) is 0. The molecule has 0 radical (unpaired) electrons. The number of benzene rings is 2. The Kier molecular flexibility index (Phi) is 4.37. The molecule has 0 bridgehead atoms. The number of amides is 1. The van der Waals surface area contributed by atoms with Crippen molar-refractivity contribution in [2.24, 2.45) is 5.41 Å². The summed E-state index contributed by atoms with van der Waals surface area (Å²) in [6, 6.07) is 14.2. The lowest BCUT2D eigenvalue weighted by Crippen LogP contribution is -2.40. The van der Waals surface area contributed by atoms with E-state index in [1.165, 1.54) is 6.07 Å². The number of carbonyl (C=O) groups excluding carboxylic acids is 2. The van der Waals surface area contributed by atoms with Gasteiger partial charge in [0.25, 0.3) is 5.91 Å². The molecular formula is C21H19ClN2O2. The highest BCUT2D eigenvalue weighted by Gasteiger charge is 2.52. The molecule has 26 heavy (non-hydrogen) atoms. The Bertz CT molecular complexity index is 936. The maximum Gasteiger partial charge on any atom is 0.253 e. The third kappa shape index (κ3) is 3.00. The molecule has 1 atom stereocenters. The summed E-state index contributed by atoms with van der Waals surface area (Å²) in [6.45, 7) is 6.31. The summed E-state index contributed by atoms with van der Waals surface area (Å²) in [5.41, 5.74) is 0.939. The first-order chi connectivity index (χ1) is 12.2. The van der Waals surface area contributed by atoms with E-state index in [4.69, 9.17) is 11.6 Å². The highest BCUT2D eigenvalue weighted by molar-refractivity contribution is 6.31. The zero-order chi connectivity index (χ0) is 19.1. The van der Waals surface area contributed by atoms with Crippen LogP contribution in [-0.2, 0) is 16.6 Å². The number of nitrogens with one attached hydrogen (secondary N) is 1. The lowest BCUT2D eigenvalue weighted by atomic mass is 9.84. The molecule has 0 heterocycles. The van der Waals surface area contributed by atoms with Gasteiger partial charge in [0, 0.05) is 22.7 Å². The van der Waals surface area contributed by atoms with Gasteiger partial charge in [-0.25, -0.2) is 0 Å². The van der Waals surface area contributed by atoms with Crippen molar-refractivity contribution < 1.29 is 9.59 Å². The van der Waals surface area contributed by atoms with Gasteiger partial charge in [-0.1, -0.05) is 50.6 Å². The lowest BCUT2D eigenvalue weighted by molar-refractivity contribution is -0.120. The van der Waals surface area contributed by atoms with Crippen molar-refractivity contribution in [1.29, 1.82) is 5.26 Å². The van der Waals surface area contributed by atoms with Gasteiger partial charge in [-0.2, -0.15) is 5.26 Å². The fraction of sp³-hybridized carbons (Fsp3) is 0.286. The smallest absolute Gasteiger partial charge is 0.253 e. The third-order valence-corrected chi connectivity index (χ3v) is 4.98. The maximum atomic E-state index is 12.8. The van der Waals surface area contributed by atoms with Crippen LogP contribution in [0, 0.1) is 16.7 Å². The first kappa shape index (κ1) is 18.2. The number of halogens is 1. The summed E-state index contributed by atoms with van der Waals surface area (Å²) in [5.74, 6) is -1.11. The molecule has 1 amide bonds. The molecule has 0 saturated carbocycles. The molecular weight excluding hydrogens is 348 g/mol. The predicted octanol–water partition coefficient (Wildman–Crippen LogP) is 4.52. The van der Waals surface area contributed by atoms with Gasteiger partial charge in [-0.15, -0.1) is 0 Å². The minimum Gasteiger partial charge on any atom is -0.324 e. The minimum atomic E-state index is -1.75. The highest BCUT2D eigenvalue weighted by atomic mass is 35.5. The number of rotatable bonds is 2. The second-order valence-corrected chi connectivity index (χ2v) is 8.04. The van der Waals surface area contributed by atoms with Crippen LogP contribution in [0.5, 0.6) is 0 Å². The SMILES string of the molecule is CC(C)(C)c1ccc(NC(=O)[C@@]2(C#N)Cc3ccc(Cl)cc3C2=O)cc1. The minimum absolute atomic E-state index is 0.00124. The van der Waals surface area contributed by atoms with Gasteiger partial charge in [-0.05, 0) is 40.8 Å². The van der Waals surface area contributed by atoms with Gasteiger partial charge >= 0.3 is 0 Å². The molecule has 0 unspecified atom stereocenters. The summed E-state index contributed by atoms with van der Waals surface area (Å²) in [6.07, 6.45) is 0.0563. The zero-order valence-corrected chi connectivity index (χ0v) is 15.6. The van der Waals surface area contributed by atoms with E-state index in [0.29, 0.717) is 21.8 Å². The number of hydrogen-bond acceptors (Lipinski definition) is 3. The lowest BCUT2D eigenvalue weighted by Gasteiger charge is -2.21. The number of nitrogens with zero attached hydrogens (tertiary/aromatic N) is 1. The monoisotopic (exact) mass is 366 g/mol. The fourth-order valence-corrected chi connectivity index (χ4v) is 3.30. The third-order valence-electron chi connectivity index (χ3n) is 4.75. The van der Waals surface area contributed by atoms with Crippen molar-refractivity contribution in [2.75, 3.05) is 5.32 Å². The molecule has 2 aromatic rings. The normalized spacial score (nSPS) is 19.0. The first-order valence-corrected chi connectivity index (χ1v) is 8.72. The first-order valence-electron chi connectivity index (χ1n) is 8.34. The van der Waals surface area contributed by atoms with Crippen LogP contribution in [0.4, 0.5) is 5.69 Å². The summed E-state index contributed by atoms with van der Waals surface area (Å²) < 4.78 is 0. The van der Waals surface area contributed by atoms with Gasteiger partial charge in [0.15, 0.2) is 5.78 Å². The Labute approximate surface area is 157 Å². The predicted molar refractivity (Wildman–Crippen MR) is 101 cm³/mol. The molecule has 3 rings (SSSR count). The van der Waals surface area contributed by atoms with E-state index in [9.17, 15) is 14.9 Å². The van der Waals surface area contributed by atoms with E-state index in [0.717, 1.165) is 5.56 Å². The molecule has 2 aromatic carbocycles. The van der Waals surface area contributed by atoms with E-state index < -0.39 is 17.1 Å². The Morgan fingerprint density at radius 3 is 2.42 bits per heavy atom. The molecule has 5 heteroatoms. The quantitative estimate of drug-likeness (QED) is 0.794. The van der Waals surface area contributed by atoms with Crippen LogP contribution in [0.25, 0.3) is 0 Å². The van der Waals surface area contributed by atoms with Gasteiger partial charge in [0.2, 0.25) is 5.41 Å². The number of anilines is 1. The van der Waals surface area contributed by atoms with Crippen molar-refractivity contribution in [1.82, 2.24) is 0 Å². The molecule has 0 aliphatic heterocycles. The van der Waals surface area contributed by atoms with Gasteiger partial charge in [-0.3, -0.25) is 9.59 Å². The summed E-state index contributed by atoms with van der Waals surface area (Å²) in [4.78, 5) is 25.6. The molecule has 0 fully saturated rings. The standard InChI is InChI=1S/C21H19ClN2O2/c1-20(2,3)14-5-8-16(9-6-14)24-19(26)21(12-23)11-13-4-7-15(22)10-17(13)18(21)25/h4-10H,11H2,1-3H3,(H,24,26)/t21-/m1/s1. The van der Waals surface area contributed by atoms with Crippen LogP contribution in [0.1, 0.15) is 42.3 Å². The molecule has 4 nitrogen and oxygen atoms in total. The van der Waals surface area contributed by atoms with Crippen molar-refractivity contribution in [2.45, 2.75) is 32.6 Å². The van der Waals surface area contributed by atoms with Crippen LogP contribution in [0.15, 0.2) is 42.5 Å². The molecule has 132 valence electrons. The van der Waals surface area contributed by atoms with E-state index in [-0.39, 0.29) is 11.8 Å². The van der Waals surface area contributed by atoms with E-state index >= 15 is 0 Å². The van der Waals surface area contributed by atoms with Gasteiger partial charge in [0.1, 0.15) is 0 Å². The second kappa shape index (κ2) is 6.26. The topological polar surface area (TPSA) is 70.0 Å². The Balaban J connectivity index is 1.87. The highest BCUT2D eigenvalue weighted by Crippen LogP contribution is 2.38. The summed E-state index contributed by atoms with van der Waals surface area (Å²) >= 11 is 5.95. The number of ketones is 1. The van der Waals surface area contributed by atoms with E-state index in [2.05, 4.69) is 26.1 Å². The Morgan fingerprint density at radius 2 is 1.85 bits per heavy atom. The number of hydrogen-bond donors (Lipinski definition) is 1. The second-order valence-electron chi connectivity index (χ2n) is 7.61. The number of nitriles is 1. The van der Waals surface area contributed by atoms with Crippen LogP contribution in [0.3, 0.4) is 0 Å². The van der Waals surface area contributed by atoms with Crippen molar-refractivity contribution in [3.8, 4) is 6.07 Å².